The van der Waals surface area contributed by atoms with Crippen LogP contribution in [0.3, 0.4) is 0 Å². The van der Waals surface area contributed by atoms with Crippen molar-refractivity contribution in [1.82, 2.24) is 0 Å². The topological polar surface area (TPSA) is 72.2 Å². The van der Waals surface area contributed by atoms with Gasteiger partial charge >= 0.3 is 0 Å². The Bertz CT molecular complexity index is 521. The third kappa shape index (κ3) is 1.51. The molecule has 0 unspecified atom stereocenters. The van der Waals surface area contributed by atoms with Crippen molar-refractivity contribution in [2.75, 3.05) is 11.9 Å². The summed E-state index contributed by atoms with van der Waals surface area (Å²) in [5.74, 6) is 0. The van der Waals surface area contributed by atoms with E-state index in [-0.39, 0.29) is 0 Å². The molecule has 0 radical (unpaired) electrons. The van der Waals surface area contributed by atoms with Gasteiger partial charge in [0.15, 0.2) is 9.84 Å². The number of hydrogen-bond acceptors (Lipinski definition) is 4. The number of nitrogens with one attached hydrogen (secondary N) is 1. The standard InChI is InChI=1S/C11H16N2O2S/c1-11(2)7-13-9-4-3-8(6-12)5-10(9)16(11,14)15/h3-5,13H,6-7,12H2,1-2H3. The Kier molecular flexibility index (Phi) is 2.47. The van der Waals surface area contributed by atoms with E-state index < -0.39 is 14.6 Å². The van der Waals surface area contributed by atoms with Crippen LogP contribution in [-0.2, 0) is 16.4 Å². The average Bonchev–Trinajstić information content (AvgIpc) is 2.24. The maximum Gasteiger partial charge on any atom is 0.187 e. The minimum absolute atomic E-state index is 0.350. The summed E-state index contributed by atoms with van der Waals surface area (Å²) in [5, 5.41) is 3.14. The lowest BCUT2D eigenvalue weighted by molar-refractivity contribution is 0.548. The van der Waals surface area contributed by atoms with E-state index in [0.29, 0.717) is 23.7 Å². The Morgan fingerprint density at radius 1 is 1.44 bits per heavy atom. The van der Waals surface area contributed by atoms with Gasteiger partial charge in [-0.1, -0.05) is 6.07 Å². The minimum atomic E-state index is -3.27. The van der Waals surface area contributed by atoms with Crippen molar-refractivity contribution < 1.29 is 8.42 Å². The van der Waals surface area contributed by atoms with Crippen molar-refractivity contribution in [1.29, 1.82) is 0 Å². The third-order valence-corrected chi connectivity index (χ3v) is 5.52. The molecule has 0 aromatic heterocycles. The normalized spacial score (nSPS) is 20.9. The fourth-order valence-corrected chi connectivity index (χ4v) is 3.36. The van der Waals surface area contributed by atoms with Crippen molar-refractivity contribution in [3.05, 3.63) is 23.8 Å². The van der Waals surface area contributed by atoms with E-state index >= 15 is 0 Å². The molecule has 1 aromatic carbocycles. The van der Waals surface area contributed by atoms with Gasteiger partial charge in [-0.15, -0.1) is 0 Å². The monoisotopic (exact) mass is 240 g/mol. The van der Waals surface area contributed by atoms with Crippen molar-refractivity contribution in [3.63, 3.8) is 0 Å². The van der Waals surface area contributed by atoms with E-state index in [1.54, 1.807) is 26.0 Å². The molecule has 1 aliphatic rings. The predicted molar refractivity (Wildman–Crippen MR) is 64.1 cm³/mol. The second kappa shape index (κ2) is 3.46. The quantitative estimate of drug-likeness (QED) is 0.771. The molecule has 3 N–H and O–H groups in total. The van der Waals surface area contributed by atoms with Gasteiger partial charge < -0.3 is 11.1 Å². The van der Waals surface area contributed by atoms with Crippen molar-refractivity contribution >= 4 is 15.5 Å². The van der Waals surface area contributed by atoms with Crippen LogP contribution < -0.4 is 11.1 Å². The maximum atomic E-state index is 12.3. The highest BCUT2D eigenvalue weighted by atomic mass is 32.2. The van der Waals surface area contributed by atoms with Gasteiger partial charge in [0.05, 0.1) is 15.3 Å². The zero-order valence-electron chi connectivity index (χ0n) is 9.45. The molecule has 1 aliphatic heterocycles. The Balaban J connectivity index is 2.66. The lowest BCUT2D eigenvalue weighted by Gasteiger charge is -2.32. The van der Waals surface area contributed by atoms with Crippen LogP contribution in [0.25, 0.3) is 0 Å². The number of benzene rings is 1. The van der Waals surface area contributed by atoms with Gasteiger partial charge in [0.2, 0.25) is 0 Å². The van der Waals surface area contributed by atoms with Gasteiger partial charge in [0.25, 0.3) is 0 Å². The summed E-state index contributed by atoms with van der Waals surface area (Å²) in [5.41, 5.74) is 7.04. The fourth-order valence-electron chi connectivity index (χ4n) is 1.76. The number of sulfone groups is 1. The largest absolute Gasteiger partial charge is 0.382 e. The van der Waals surface area contributed by atoms with Gasteiger partial charge in [0.1, 0.15) is 0 Å². The molecular formula is C11H16N2O2S. The summed E-state index contributed by atoms with van der Waals surface area (Å²) in [6, 6.07) is 5.29. The number of anilines is 1. The van der Waals surface area contributed by atoms with Crippen LogP contribution in [0.15, 0.2) is 23.1 Å². The van der Waals surface area contributed by atoms with Crippen LogP contribution in [-0.4, -0.2) is 19.7 Å². The molecule has 0 spiro atoms. The van der Waals surface area contributed by atoms with E-state index in [4.69, 9.17) is 5.73 Å². The highest BCUT2D eigenvalue weighted by molar-refractivity contribution is 7.93. The number of hydrogen-bond donors (Lipinski definition) is 2. The van der Waals surface area contributed by atoms with E-state index in [0.717, 1.165) is 5.56 Å². The van der Waals surface area contributed by atoms with E-state index in [9.17, 15) is 8.42 Å². The summed E-state index contributed by atoms with van der Waals surface area (Å²) < 4.78 is 23.9. The van der Waals surface area contributed by atoms with E-state index in [2.05, 4.69) is 5.32 Å². The summed E-state index contributed by atoms with van der Waals surface area (Å²) in [6.45, 7) is 4.24. The van der Waals surface area contributed by atoms with Crippen molar-refractivity contribution in [3.8, 4) is 0 Å². The van der Waals surface area contributed by atoms with Crippen molar-refractivity contribution in [2.24, 2.45) is 5.73 Å². The molecule has 16 heavy (non-hydrogen) atoms. The maximum absolute atomic E-state index is 12.3. The van der Waals surface area contributed by atoms with Gasteiger partial charge in [-0.2, -0.15) is 0 Å². The molecule has 0 amide bonds. The third-order valence-electron chi connectivity index (χ3n) is 3.00. The number of fused-ring (bicyclic) bond motifs is 1. The highest BCUT2D eigenvalue weighted by Crippen LogP contribution is 2.35. The van der Waals surface area contributed by atoms with Gasteiger partial charge in [-0.3, -0.25) is 0 Å². The molecule has 4 nitrogen and oxygen atoms in total. The molecule has 0 atom stereocenters. The SMILES string of the molecule is CC1(C)CNc2ccc(CN)cc2S1(=O)=O. The highest BCUT2D eigenvalue weighted by Gasteiger charge is 2.40. The first-order valence-corrected chi connectivity index (χ1v) is 6.68. The molecule has 0 aliphatic carbocycles. The van der Waals surface area contributed by atoms with Crippen molar-refractivity contribution in [2.45, 2.75) is 30.0 Å². The summed E-state index contributed by atoms with van der Waals surface area (Å²) in [6.07, 6.45) is 0. The lowest BCUT2D eigenvalue weighted by Crippen LogP contribution is -2.43. The molecular weight excluding hydrogens is 224 g/mol. The van der Waals surface area contributed by atoms with Gasteiger partial charge in [0, 0.05) is 13.1 Å². The molecule has 5 heteroatoms. The molecule has 2 rings (SSSR count). The first kappa shape index (κ1) is 11.4. The number of rotatable bonds is 1. The molecule has 0 bridgehead atoms. The molecule has 0 saturated carbocycles. The summed E-state index contributed by atoms with van der Waals surface area (Å²) in [4.78, 5) is 0.367. The fraction of sp³-hybridized carbons (Fsp3) is 0.455. The summed E-state index contributed by atoms with van der Waals surface area (Å²) in [7, 11) is -3.27. The van der Waals surface area contributed by atoms with E-state index in [1.165, 1.54) is 0 Å². The Hall–Kier alpha value is -1.07. The molecule has 88 valence electrons. The van der Waals surface area contributed by atoms with Crippen LogP contribution in [0.5, 0.6) is 0 Å². The average molecular weight is 240 g/mol. The van der Waals surface area contributed by atoms with Crippen LogP contribution >= 0.6 is 0 Å². The predicted octanol–water partition coefficient (Wildman–Crippen LogP) is 1.12. The molecule has 0 fully saturated rings. The Labute approximate surface area is 95.8 Å². The molecule has 1 heterocycles. The zero-order chi connectivity index (χ0) is 12.0. The van der Waals surface area contributed by atoms with Crippen LogP contribution in [0.2, 0.25) is 0 Å². The first-order valence-electron chi connectivity index (χ1n) is 5.20. The minimum Gasteiger partial charge on any atom is -0.382 e. The second-order valence-corrected chi connectivity index (χ2v) is 7.20. The lowest BCUT2D eigenvalue weighted by atomic mass is 10.1. The Morgan fingerprint density at radius 2 is 2.12 bits per heavy atom. The Morgan fingerprint density at radius 3 is 2.75 bits per heavy atom. The van der Waals surface area contributed by atoms with Gasteiger partial charge in [-0.05, 0) is 31.5 Å². The number of nitrogens with two attached hydrogens (primary N) is 1. The van der Waals surface area contributed by atoms with Gasteiger partial charge in [-0.25, -0.2) is 8.42 Å². The van der Waals surface area contributed by atoms with Crippen LogP contribution in [0, 0.1) is 0 Å². The first-order chi connectivity index (χ1) is 7.38. The van der Waals surface area contributed by atoms with E-state index in [1.807, 2.05) is 6.07 Å². The summed E-state index contributed by atoms with van der Waals surface area (Å²) >= 11 is 0. The van der Waals surface area contributed by atoms with Crippen LogP contribution in [0.1, 0.15) is 19.4 Å². The zero-order valence-corrected chi connectivity index (χ0v) is 10.3. The molecule has 1 aromatic rings. The second-order valence-electron chi connectivity index (χ2n) is 4.65. The molecule has 0 saturated heterocycles. The smallest absolute Gasteiger partial charge is 0.187 e. The van der Waals surface area contributed by atoms with Crippen LogP contribution in [0.4, 0.5) is 5.69 Å².